The predicted octanol–water partition coefficient (Wildman–Crippen LogP) is -0.579. The Morgan fingerprint density at radius 1 is 1.18 bits per heavy atom. The van der Waals surface area contributed by atoms with Crippen molar-refractivity contribution in [3.05, 3.63) is 44.5 Å². The summed E-state index contributed by atoms with van der Waals surface area (Å²) in [5.74, 6) is -2.86. The average molecular weight is 392 g/mol. The number of hydrogen-bond donors (Lipinski definition) is 0. The Morgan fingerprint density at radius 3 is 2.25 bits per heavy atom. The molecule has 148 valence electrons. The van der Waals surface area contributed by atoms with Crippen LogP contribution in [-0.4, -0.2) is 84.1 Å². The second-order valence-corrected chi connectivity index (χ2v) is 6.07. The van der Waals surface area contributed by atoms with E-state index < -0.39 is 42.0 Å². The third-order valence-corrected chi connectivity index (χ3v) is 3.99. The minimum atomic E-state index is -1.09. The average Bonchev–Trinajstić information content (AvgIpc) is 2.88. The van der Waals surface area contributed by atoms with Gasteiger partial charge in [0, 0.05) is 26.7 Å². The number of likely N-dealkylation sites (N-methyl/N-ethyl adjacent to an activating group) is 1. The molecule has 0 saturated heterocycles. The van der Waals surface area contributed by atoms with Crippen LogP contribution in [0.25, 0.3) is 0 Å². The molecule has 1 aliphatic rings. The van der Waals surface area contributed by atoms with Gasteiger partial charge in [0.15, 0.2) is 13.0 Å². The first-order chi connectivity index (χ1) is 13.1. The molecule has 0 radical (unpaired) electrons. The van der Waals surface area contributed by atoms with Crippen LogP contribution in [0.3, 0.4) is 0 Å². The van der Waals surface area contributed by atoms with E-state index in [0.717, 1.165) is 21.9 Å². The van der Waals surface area contributed by atoms with E-state index in [-0.39, 0.29) is 22.3 Å². The van der Waals surface area contributed by atoms with Gasteiger partial charge >= 0.3 is 0 Å². The minimum absolute atomic E-state index is 0.112. The van der Waals surface area contributed by atoms with Gasteiger partial charge in [-0.05, 0) is 12.1 Å². The fourth-order valence-electron chi connectivity index (χ4n) is 2.45. The number of hydrogen-bond acceptors (Lipinski definition) is 8. The maximum Gasteiger partial charge on any atom is 0.296 e. The predicted molar refractivity (Wildman–Crippen MR) is 90.9 cm³/mol. The summed E-state index contributed by atoms with van der Waals surface area (Å²) in [6, 6.07) is 2.14. The van der Waals surface area contributed by atoms with Crippen molar-refractivity contribution >= 4 is 29.9 Å². The van der Waals surface area contributed by atoms with Gasteiger partial charge in [0.2, 0.25) is 5.91 Å². The van der Waals surface area contributed by atoms with Gasteiger partial charge in [0.25, 0.3) is 22.8 Å². The van der Waals surface area contributed by atoms with Crippen molar-refractivity contribution in [1.29, 1.82) is 0 Å². The number of aldehydes is 1. The van der Waals surface area contributed by atoms with E-state index in [9.17, 15) is 34.1 Å². The quantitative estimate of drug-likeness (QED) is 0.197. The third kappa shape index (κ3) is 3.79. The lowest BCUT2D eigenvalue weighted by Crippen LogP contribution is -2.39. The molecule has 0 saturated carbocycles. The standard InChI is InChI=1S/C16H16N4O8/c1-17(2)13(22)6-19-15(24)11-4-9(7-21)10(5-12(11)16(19)25)14(23)18(3)8-28-20(26)27/h4-5,7H,6,8H2,1-3H3. The van der Waals surface area contributed by atoms with E-state index in [4.69, 9.17) is 0 Å². The number of imide groups is 1. The van der Waals surface area contributed by atoms with Crippen molar-refractivity contribution in [2.45, 2.75) is 0 Å². The molecular weight excluding hydrogens is 376 g/mol. The van der Waals surface area contributed by atoms with Gasteiger partial charge in [-0.1, -0.05) is 0 Å². The Kier molecular flexibility index (Phi) is 5.72. The second kappa shape index (κ2) is 7.82. The maximum absolute atomic E-state index is 12.5. The molecule has 0 N–H and O–H groups in total. The van der Waals surface area contributed by atoms with E-state index in [2.05, 4.69) is 4.84 Å². The van der Waals surface area contributed by atoms with Gasteiger partial charge in [0.1, 0.15) is 6.54 Å². The molecule has 0 bridgehead atoms. The van der Waals surface area contributed by atoms with Crippen molar-refractivity contribution in [1.82, 2.24) is 14.7 Å². The number of nitrogens with zero attached hydrogens (tertiary/aromatic N) is 4. The van der Waals surface area contributed by atoms with Crippen molar-refractivity contribution in [3.8, 4) is 0 Å². The van der Waals surface area contributed by atoms with E-state index in [1.54, 1.807) is 0 Å². The van der Waals surface area contributed by atoms with Gasteiger partial charge in [-0.15, -0.1) is 10.1 Å². The molecule has 28 heavy (non-hydrogen) atoms. The van der Waals surface area contributed by atoms with E-state index in [1.165, 1.54) is 26.0 Å². The summed E-state index contributed by atoms with van der Waals surface area (Å²) in [5.41, 5.74) is -0.669. The topological polar surface area (TPSA) is 147 Å². The first-order valence-corrected chi connectivity index (χ1v) is 7.80. The van der Waals surface area contributed by atoms with Gasteiger partial charge < -0.3 is 9.80 Å². The first kappa shape index (κ1) is 20.5. The Morgan fingerprint density at radius 2 is 1.75 bits per heavy atom. The van der Waals surface area contributed by atoms with E-state index in [1.807, 2.05) is 0 Å². The molecule has 1 aliphatic heterocycles. The normalized spacial score (nSPS) is 12.5. The van der Waals surface area contributed by atoms with Crippen molar-refractivity contribution < 1.29 is 33.9 Å². The molecule has 0 fully saturated rings. The summed E-state index contributed by atoms with van der Waals surface area (Å²) in [7, 11) is 4.12. The van der Waals surface area contributed by atoms with Gasteiger partial charge in [-0.3, -0.25) is 33.7 Å². The van der Waals surface area contributed by atoms with E-state index >= 15 is 0 Å². The fourth-order valence-corrected chi connectivity index (χ4v) is 2.45. The molecule has 1 aromatic rings. The Hall–Kier alpha value is -3.83. The zero-order valence-electron chi connectivity index (χ0n) is 15.2. The summed E-state index contributed by atoms with van der Waals surface area (Å²) in [6.45, 7) is -1.19. The van der Waals surface area contributed by atoms with Crippen molar-refractivity contribution in [3.63, 3.8) is 0 Å². The Bertz CT molecular complexity index is 895. The lowest BCUT2D eigenvalue weighted by atomic mass is 9.99. The zero-order valence-corrected chi connectivity index (χ0v) is 15.2. The molecule has 1 aromatic carbocycles. The molecule has 12 heteroatoms. The van der Waals surface area contributed by atoms with Crippen LogP contribution in [0.4, 0.5) is 0 Å². The van der Waals surface area contributed by atoms with Gasteiger partial charge in [-0.25, -0.2) is 0 Å². The molecule has 2 rings (SSSR count). The molecule has 0 aromatic heterocycles. The van der Waals surface area contributed by atoms with Crippen LogP contribution in [0.2, 0.25) is 0 Å². The minimum Gasteiger partial charge on any atom is -0.347 e. The summed E-state index contributed by atoms with van der Waals surface area (Å²) in [5, 5.41) is 9.17. The first-order valence-electron chi connectivity index (χ1n) is 7.80. The third-order valence-electron chi connectivity index (χ3n) is 3.99. The number of amides is 4. The fraction of sp³-hybridized carbons (Fsp3) is 0.312. The summed E-state index contributed by atoms with van der Waals surface area (Å²) in [4.78, 5) is 77.8. The zero-order chi connectivity index (χ0) is 21.2. The largest absolute Gasteiger partial charge is 0.347 e. The highest BCUT2D eigenvalue weighted by molar-refractivity contribution is 6.23. The van der Waals surface area contributed by atoms with Crippen LogP contribution < -0.4 is 0 Å². The van der Waals surface area contributed by atoms with Crippen molar-refractivity contribution in [2.24, 2.45) is 0 Å². The number of rotatable bonds is 7. The summed E-state index contributed by atoms with van der Waals surface area (Å²) >= 11 is 0. The SMILES string of the molecule is CN(C)C(=O)CN1C(=O)c2cc(C=O)c(C(=O)N(C)CO[N+](=O)[O-])cc2C1=O. The molecule has 0 atom stereocenters. The number of fused-ring (bicyclic) bond motifs is 1. The van der Waals surface area contributed by atoms with Crippen LogP contribution in [-0.2, 0) is 9.63 Å². The highest BCUT2D eigenvalue weighted by Gasteiger charge is 2.38. The molecule has 0 unspecified atom stereocenters. The highest BCUT2D eigenvalue weighted by atomic mass is 17.0. The molecule has 1 heterocycles. The monoisotopic (exact) mass is 392 g/mol. The number of benzene rings is 1. The van der Waals surface area contributed by atoms with Crippen LogP contribution >= 0.6 is 0 Å². The van der Waals surface area contributed by atoms with Crippen molar-refractivity contribution in [2.75, 3.05) is 34.4 Å². The Labute approximate surface area is 158 Å². The highest BCUT2D eigenvalue weighted by Crippen LogP contribution is 2.26. The van der Waals surface area contributed by atoms with Gasteiger partial charge in [0.05, 0.1) is 16.7 Å². The van der Waals surface area contributed by atoms with Crippen LogP contribution in [0.1, 0.15) is 41.4 Å². The Balaban J connectivity index is 2.39. The maximum atomic E-state index is 12.5. The lowest BCUT2D eigenvalue weighted by Gasteiger charge is -2.17. The number of carbonyl (C=O) groups excluding carboxylic acids is 5. The molecule has 0 spiro atoms. The van der Waals surface area contributed by atoms with Crippen LogP contribution in [0.5, 0.6) is 0 Å². The smallest absolute Gasteiger partial charge is 0.296 e. The van der Waals surface area contributed by atoms with Gasteiger partial charge in [-0.2, -0.15) is 0 Å². The molecule has 4 amide bonds. The molecular formula is C16H16N4O8. The summed E-state index contributed by atoms with van der Waals surface area (Å²) < 4.78 is 0. The number of carbonyl (C=O) groups is 5. The van der Waals surface area contributed by atoms with Crippen LogP contribution in [0.15, 0.2) is 12.1 Å². The summed E-state index contributed by atoms with van der Waals surface area (Å²) in [6.07, 6.45) is 0.321. The second-order valence-electron chi connectivity index (χ2n) is 6.07. The van der Waals surface area contributed by atoms with E-state index in [0.29, 0.717) is 6.29 Å². The lowest BCUT2D eigenvalue weighted by molar-refractivity contribution is -0.761. The molecule has 0 aliphatic carbocycles. The van der Waals surface area contributed by atoms with Crippen LogP contribution in [0, 0.1) is 10.1 Å². The molecule has 12 nitrogen and oxygen atoms in total.